The van der Waals surface area contributed by atoms with Crippen LogP contribution in [0.15, 0.2) is 41.8 Å². The summed E-state index contributed by atoms with van der Waals surface area (Å²) < 4.78 is 1.10. The van der Waals surface area contributed by atoms with Gasteiger partial charge in [-0.2, -0.15) is 0 Å². The fraction of sp³-hybridized carbons (Fsp3) is 0.263. The van der Waals surface area contributed by atoms with Crippen LogP contribution in [0.2, 0.25) is 0 Å². The highest BCUT2D eigenvalue weighted by molar-refractivity contribution is 7.22. The van der Waals surface area contributed by atoms with E-state index in [0.29, 0.717) is 0 Å². The third kappa shape index (κ3) is 3.95. The molecule has 5 nitrogen and oxygen atoms in total. The van der Waals surface area contributed by atoms with Crippen molar-refractivity contribution in [3.8, 4) is 0 Å². The molecule has 3 heterocycles. The first-order valence-electron chi connectivity index (χ1n) is 8.54. The largest absolute Gasteiger partial charge is 0.345 e. The first kappa shape index (κ1) is 17.2. The number of likely N-dealkylation sites (N-methyl/N-ethyl adjacent to an activating group) is 1. The van der Waals surface area contributed by atoms with Crippen molar-refractivity contribution in [1.29, 1.82) is 0 Å². The molecule has 1 aromatic carbocycles. The highest BCUT2D eigenvalue weighted by Gasteiger charge is 2.17. The normalized spacial score (nSPS) is 15.8. The number of amides is 1. The Kier molecular flexibility index (Phi) is 5.01. The average molecular weight is 385 g/mol. The lowest BCUT2D eigenvalue weighted by atomic mass is 10.3. The smallest absolute Gasteiger partial charge is 0.248 e. The number of aromatic nitrogens is 1. The van der Waals surface area contributed by atoms with Gasteiger partial charge in [-0.05, 0) is 42.8 Å². The van der Waals surface area contributed by atoms with E-state index < -0.39 is 0 Å². The van der Waals surface area contributed by atoms with Crippen LogP contribution in [0.5, 0.6) is 0 Å². The molecule has 0 spiro atoms. The monoisotopic (exact) mass is 384 g/mol. The molecule has 1 N–H and O–H groups in total. The number of hydrogen-bond donors (Lipinski definition) is 1. The molecule has 0 bridgehead atoms. The van der Waals surface area contributed by atoms with Gasteiger partial charge in [0, 0.05) is 42.8 Å². The van der Waals surface area contributed by atoms with Crippen LogP contribution < -0.4 is 10.2 Å². The van der Waals surface area contributed by atoms with Crippen molar-refractivity contribution in [2.75, 3.05) is 43.4 Å². The zero-order valence-electron chi connectivity index (χ0n) is 14.5. The Balaban J connectivity index is 1.46. The van der Waals surface area contributed by atoms with Crippen molar-refractivity contribution in [2.45, 2.75) is 0 Å². The van der Waals surface area contributed by atoms with E-state index in [0.717, 1.165) is 52.1 Å². The van der Waals surface area contributed by atoms with Gasteiger partial charge in [0.25, 0.3) is 0 Å². The van der Waals surface area contributed by atoms with Gasteiger partial charge in [0.2, 0.25) is 5.91 Å². The fourth-order valence-corrected chi connectivity index (χ4v) is 4.53. The van der Waals surface area contributed by atoms with Gasteiger partial charge >= 0.3 is 0 Å². The molecule has 1 aliphatic rings. The van der Waals surface area contributed by atoms with Gasteiger partial charge in [-0.1, -0.05) is 17.4 Å². The molecule has 0 aliphatic carbocycles. The van der Waals surface area contributed by atoms with Gasteiger partial charge in [-0.15, -0.1) is 11.3 Å². The highest BCUT2D eigenvalue weighted by Crippen LogP contribution is 2.31. The van der Waals surface area contributed by atoms with Crippen molar-refractivity contribution in [3.63, 3.8) is 0 Å². The first-order chi connectivity index (χ1) is 12.7. The van der Waals surface area contributed by atoms with Crippen LogP contribution in [0.4, 0.5) is 10.8 Å². The lowest BCUT2D eigenvalue weighted by Crippen LogP contribution is -2.44. The average Bonchev–Trinajstić information content (AvgIpc) is 3.30. The number of rotatable bonds is 4. The summed E-state index contributed by atoms with van der Waals surface area (Å²) in [6.07, 6.45) is 3.40. The molecule has 0 radical (unpaired) electrons. The Hall–Kier alpha value is -2.22. The van der Waals surface area contributed by atoms with Crippen molar-refractivity contribution >= 4 is 55.7 Å². The quantitative estimate of drug-likeness (QED) is 0.696. The number of carbonyl (C=O) groups excluding carboxylic acids is 1. The van der Waals surface area contributed by atoms with Crippen LogP contribution in [-0.2, 0) is 4.79 Å². The van der Waals surface area contributed by atoms with E-state index in [1.165, 1.54) is 0 Å². The number of carbonyl (C=O) groups is 1. The van der Waals surface area contributed by atoms with E-state index >= 15 is 0 Å². The summed E-state index contributed by atoms with van der Waals surface area (Å²) in [5.41, 5.74) is 1.78. The molecule has 26 heavy (non-hydrogen) atoms. The SMILES string of the molecule is CN1CCN(c2nc3ccc(NC(=O)/C=C/c4cccs4)cc3s2)CC1. The van der Waals surface area contributed by atoms with E-state index in [9.17, 15) is 4.79 Å². The topological polar surface area (TPSA) is 48.5 Å². The zero-order valence-corrected chi connectivity index (χ0v) is 16.1. The number of fused-ring (bicyclic) bond motifs is 1. The molecule has 0 atom stereocenters. The molecule has 0 unspecified atom stereocenters. The van der Waals surface area contributed by atoms with Gasteiger partial charge in [0.05, 0.1) is 10.2 Å². The standard InChI is InChI=1S/C19H20N4OS2/c1-22-8-10-23(11-9-22)19-21-16-6-4-14(13-17(16)26-19)20-18(24)7-5-15-3-2-12-25-15/h2-7,12-13H,8-11H2,1H3,(H,20,24)/b7-5+. The number of hydrogen-bond acceptors (Lipinski definition) is 6. The summed E-state index contributed by atoms with van der Waals surface area (Å²) in [5, 5.41) is 5.99. The molecule has 1 aliphatic heterocycles. The van der Waals surface area contributed by atoms with Gasteiger partial charge in [0.1, 0.15) is 0 Å². The van der Waals surface area contributed by atoms with Crippen molar-refractivity contribution in [2.24, 2.45) is 0 Å². The molecular formula is C19H20N4OS2. The van der Waals surface area contributed by atoms with Crippen molar-refractivity contribution < 1.29 is 4.79 Å². The van der Waals surface area contributed by atoms with Crippen molar-refractivity contribution in [3.05, 3.63) is 46.7 Å². The number of benzene rings is 1. The van der Waals surface area contributed by atoms with Crippen LogP contribution >= 0.6 is 22.7 Å². The maximum Gasteiger partial charge on any atom is 0.248 e. The van der Waals surface area contributed by atoms with E-state index in [4.69, 9.17) is 4.98 Å². The third-order valence-corrected chi connectivity index (χ3v) is 6.28. The fourth-order valence-electron chi connectivity index (χ4n) is 2.85. The van der Waals surface area contributed by atoms with Crippen LogP contribution in [0.3, 0.4) is 0 Å². The van der Waals surface area contributed by atoms with Crippen LogP contribution in [-0.4, -0.2) is 49.0 Å². The Morgan fingerprint density at radius 3 is 2.85 bits per heavy atom. The second-order valence-corrected chi connectivity index (χ2v) is 8.30. The Morgan fingerprint density at radius 1 is 1.23 bits per heavy atom. The molecule has 0 saturated carbocycles. The molecule has 1 amide bonds. The number of thiophene rings is 1. The van der Waals surface area contributed by atoms with Gasteiger partial charge in [-0.3, -0.25) is 4.79 Å². The maximum atomic E-state index is 12.1. The number of nitrogens with one attached hydrogen (secondary N) is 1. The molecule has 1 fully saturated rings. The molecule has 7 heteroatoms. The molecule has 2 aromatic heterocycles. The van der Waals surface area contributed by atoms with E-state index in [1.54, 1.807) is 28.7 Å². The molecule has 4 rings (SSSR count). The van der Waals surface area contributed by atoms with Gasteiger partial charge < -0.3 is 15.1 Å². The second-order valence-electron chi connectivity index (χ2n) is 6.31. The number of piperazine rings is 1. The summed E-state index contributed by atoms with van der Waals surface area (Å²) in [4.78, 5) is 22.6. The summed E-state index contributed by atoms with van der Waals surface area (Å²) in [7, 11) is 2.15. The van der Waals surface area contributed by atoms with Gasteiger partial charge in [-0.25, -0.2) is 4.98 Å². The van der Waals surface area contributed by atoms with E-state index in [-0.39, 0.29) is 5.91 Å². The first-order valence-corrected chi connectivity index (χ1v) is 10.2. The lowest BCUT2D eigenvalue weighted by Gasteiger charge is -2.31. The summed E-state index contributed by atoms with van der Waals surface area (Å²) in [5.74, 6) is -0.124. The summed E-state index contributed by atoms with van der Waals surface area (Å²) >= 11 is 3.29. The second kappa shape index (κ2) is 7.57. The molecular weight excluding hydrogens is 364 g/mol. The van der Waals surface area contributed by atoms with Crippen molar-refractivity contribution in [1.82, 2.24) is 9.88 Å². The van der Waals surface area contributed by atoms with E-state index in [1.807, 2.05) is 41.8 Å². The van der Waals surface area contributed by atoms with Crippen LogP contribution in [0.25, 0.3) is 16.3 Å². The summed E-state index contributed by atoms with van der Waals surface area (Å²) in [6, 6.07) is 9.84. The number of thiazole rings is 1. The highest BCUT2D eigenvalue weighted by atomic mass is 32.1. The number of nitrogens with zero attached hydrogens (tertiary/aromatic N) is 3. The lowest BCUT2D eigenvalue weighted by molar-refractivity contribution is -0.111. The van der Waals surface area contributed by atoms with Gasteiger partial charge in [0.15, 0.2) is 5.13 Å². The van der Waals surface area contributed by atoms with E-state index in [2.05, 4.69) is 22.2 Å². The predicted molar refractivity (Wildman–Crippen MR) is 111 cm³/mol. The minimum Gasteiger partial charge on any atom is -0.345 e. The Morgan fingerprint density at radius 2 is 2.08 bits per heavy atom. The minimum atomic E-state index is -0.124. The zero-order chi connectivity index (χ0) is 17.9. The maximum absolute atomic E-state index is 12.1. The Labute approximate surface area is 160 Å². The van der Waals surface area contributed by atoms with Crippen LogP contribution in [0, 0.1) is 0 Å². The molecule has 134 valence electrons. The Bertz CT molecular complexity index is 924. The third-order valence-electron chi connectivity index (χ3n) is 4.36. The molecule has 1 saturated heterocycles. The predicted octanol–water partition coefficient (Wildman–Crippen LogP) is 3.76. The minimum absolute atomic E-state index is 0.124. The molecule has 3 aromatic rings. The van der Waals surface area contributed by atoms with Crippen LogP contribution in [0.1, 0.15) is 4.88 Å². The number of anilines is 2. The summed E-state index contributed by atoms with van der Waals surface area (Å²) in [6.45, 7) is 4.14.